The summed E-state index contributed by atoms with van der Waals surface area (Å²) < 4.78 is 4.68. The number of carbonyl (C=O) groups is 2. The lowest BCUT2D eigenvalue weighted by Gasteiger charge is -2.19. The summed E-state index contributed by atoms with van der Waals surface area (Å²) in [6, 6.07) is 6.31. The van der Waals surface area contributed by atoms with Gasteiger partial charge in [0.05, 0.1) is 7.11 Å². The van der Waals surface area contributed by atoms with Gasteiger partial charge in [0.1, 0.15) is 6.04 Å². The summed E-state index contributed by atoms with van der Waals surface area (Å²) in [6.45, 7) is 4.12. The van der Waals surface area contributed by atoms with Gasteiger partial charge < -0.3 is 15.8 Å². The van der Waals surface area contributed by atoms with Gasteiger partial charge in [-0.15, -0.1) is 12.4 Å². The maximum atomic E-state index is 12.0. The number of nitrogens with one attached hydrogen (secondary N) is 1. The second kappa shape index (κ2) is 8.55. The molecule has 1 aromatic rings. The smallest absolute Gasteiger partial charge is 0.328 e. The van der Waals surface area contributed by atoms with Crippen LogP contribution in [-0.4, -0.2) is 25.0 Å². The monoisotopic (exact) mass is 300 g/mol. The lowest BCUT2D eigenvalue weighted by molar-refractivity contribution is -0.144. The Morgan fingerprint density at radius 1 is 1.25 bits per heavy atom. The molecule has 6 heteroatoms. The standard InChI is InChI=1S/C14H20N2O3.ClH/c1-9(2)12(14(18)19-3)16-13(17)11-6-4-10(8-15)5-7-11;/h4-7,9,12H,8,15H2,1-3H3,(H,16,17);1H. The van der Waals surface area contributed by atoms with E-state index < -0.39 is 12.0 Å². The molecule has 0 heterocycles. The normalized spacial score (nSPS) is 11.4. The van der Waals surface area contributed by atoms with E-state index in [9.17, 15) is 9.59 Å². The summed E-state index contributed by atoms with van der Waals surface area (Å²) in [6.07, 6.45) is 0. The van der Waals surface area contributed by atoms with Gasteiger partial charge in [-0.2, -0.15) is 0 Å². The van der Waals surface area contributed by atoms with E-state index in [-0.39, 0.29) is 24.2 Å². The van der Waals surface area contributed by atoms with Crippen LogP contribution in [0, 0.1) is 5.92 Å². The van der Waals surface area contributed by atoms with Crippen LogP contribution in [0.2, 0.25) is 0 Å². The molecule has 112 valence electrons. The van der Waals surface area contributed by atoms with E-state index in [2.05, 4.69) is 10.1 Å². The average molecular weight is 301 g/mol. The van der Waals surface area contributed by atoms with E-state index >= 15 is 0 Å². The average Bonchev–Trinajstić information content (AvgIpc) is 2.43. The van der Waals surface area contributed by atoms with Crippen molar-refractivity contribution in [3.05, 3.63) is 35.4 Å². The number of hydrogen-bond donors (Lipinski definition) is 2. The van der Waals surface area contributed by atoms with Crippen molar-refractivity contribution in [2.45, 2.75) is 26.4 Å². The third-order valence-corrected chi connectivity index (χ3v) is 2.86. The first-order chi connectivity index (χ1) is 8.99. The zero-order valence-corrected chi connectivity index (χ0v) is 12.7. The molecule has 5 nitrogen and oxygen atoms in total. The van der Waals surface area contributed by atoms with Crippen molar-refractivity contribution in [2.24, 2.45) is 11.7 Å². The highest BCUT2D eigenvalue weighted by Crippen LogP contribution is 2.08. The molecule has 1 atom stereocenters. The predicted molar refractivity (Wildman–Crippen MR) is 79.7 cm³/mol. The first-order valence-corrected chi connectivity index (χ1v) is 6.17. The molecule has 0 aromatic heterocycles. The quantitative estimate of drug-likeness (QED) is 0.807. The molecule has 0 aliphatic rings. The molecule has 1 aromatic carbocycles. The molecule has 0 spiro atoms. The Hall–Kier alpha value is -1.59. The van der Waals surface area contributed by atoms with Gasteiger partial charge in [-0.1, -0.05) is 26.0 Å². The molecule has 20 heavy (non-hydrogen) atoms. The fourth-order valence-corrected chi connectivity index (χ4v) is 1.64. The number of halogens is 1. The number of amides is 1. The molecule has 0 bridgehead atoms. The van der Waals surface area contributed by atoms with Crippen LogP contribution in [0.3, 0.4) is 0 Å². The predicted octanol–water partition coefficient (Wildman–Crippen LogP) is 1.49. The van der Waals surface area contributed by atoms with Crippen LogP contribution in [-0.2, 0) is 16.1 Å². The van der Waals surface area contributed by atoms with E-state index in [0.717, 1.165) is 5.56 Å². The number of esters is 1. The van der Waals surface area contributed by atoms with Gasteiger partial charge in [0.2, 0.25) is 0 Å². The number of hydrogen-bond acceptors (Lipinski definition) is 4. The minimum atomic E-state index is -0.647. The molecule has 3 N–H and O–H groups in total. The second-order valence-corrected chi connectivity index (χ2v) is 4.62. The van der Waals surface area contributed by atoms with Gasteiger partial charge in [0, 0.05) is 12.1 Å². The zero-order chi connectivity index (χ0) is 14.4. The van der Waals surface area contributed by atoms with E-state index in [1.54, 1.807) is 24.3 Å². The Morgan fingerprint density at radius 3 is 2.20 bits per heavy atom. The van der Waals surface area contributed by atoms with Crippen molar-refractivity contribution >= 4 is 24.3 Å². The summed E-state index contributed by atoms with van der Waals surface area (Å²) >= 11 is 0. The number of nitrogens with two attached hydrogens (primary N) is 1. The van der Waals surface area contributed by atoms with Crippen LogP contribution < -0.4 is 11.1 Å². The third-order valence-electron chi connectivity index (χ3n) is 2.86. The Kier molecular flexibility index (Phi) is 7.87. The maximum Gasteiger partial charge on any atom is 0.328 e. The maximum absolute atomic E-state index is 12.0. The van der Waals surface area contributed by atoms with Gasteiger partial charge in [0.15, 0.2) is 0 Å². The molecule has 0 fully saturated rings. The SMILES string of the molecule is COC(=O)C(NC(=O)c1ccc(CN)cc1)C(C)C.Cl. The minimum Gasteiger partial charge on any atom is -0.467 e. The van der Waals surface area contributed by atoms with Crippen LogP contribution in [0.25, 0.3) is 0 Å². The Bertz CT molecular complexity index is 446. The van der Waals surface area contributed by atoms with Crippen LogP contribution >= 0.6 is 12.4 Å². The molecular weight excluding hydrogens is 280 g/mol. The molecular formula is C14H21ClN2O3. The van der Waals surface area contributed by atoms with Crippen LogP contribution in [0.15, 0.2) is 24.3 Å². The highest BCUT2D eigenvalue weighted by molar-refractivity contribution is 5.96. The van der Waals surface area contributed by atoms with E-state index in [0.29, 0.717) is 12.1 Å². The van der Waals surface area contributed by atoms with E-state index in [1.165, 1.54) is 7.11 Å². The molecule has 0 radical (unpaired) electrons. The largest absolute Gasteiger partial charge is 0.467 e. The van der Waals surface area contributed by atoms with Gasteiger partial charge in [-0.3, -0.25) is 4.79 Å². The number of carbonyl (C=O) groups excluding carboxylic acids is 2. The second-order valence-electron chi connectivity index (χ2n) is 4.62. The summed E-state index contributed by atoms with van der Waals surface area (Å²) in [5.41, 5.74) is 6.93. The van der Waals surface area contributed by atoms with Crippen LogP contribution in [0.4, 0.5) is 0 Å². The molecule has 0 saturated heterocycles. The summed E-state index contributed by atoms with van der Waals surface area (Å²) in [5.74, 6) is -0.783. The summed E-state index contributed by atoms with van der Waals surface area (Å²) in [5, 5.41) is 2.68. The topological polar surface area (TPSA) is 81.4 Å². The highest BCUT2D eigenvalue weighted by atomic mass is 35.5. The van der Waals surface area contributed by atoms with Crippen molar-refractivity contribution in [3.63, 3.8) is 0 Å². The molecule has 1 rings (SSSR count). The fraction of sp³-hybridized carbons (Fsp3) is 0.429. The number of ether oxygens (including phenoxy) is 1. The number of benzene rings is 1. The van der Waals surface area contributed by atoms with Gasteiger partial charge in [-0.25, -0.2) is 4.79 Å². The number of rotatable bonds is 5. The first kappa shape index (κ1) is 18.4. The molecule has 0 aliphatic heterocycles. The molecule has 1 amide bonds. The van der Waals surface area contributed by atoms with Crippen LogP contribution in [0.5, 0.6) is 0 Å². The molecule has 0 saturated carbocycles. The fourth-order valence-electron chi connectivity index (χ4n) is 1.64. The highest BCUT2D eigenvalue weighted by Gasteiger charge is 2.25. The van der Waals surface area contributed by atoms with Crippen molar-refractivity contribution in [3.8, 4) is 0 Å². The summed E-state index contributed by atoms with van der Waals surface area (Å²) in [4.78, 5) is 23.6. The molecule has 1 unspecified atom stereocenters. The zero-order valence-electron chi connectivity index (χ0n) is 11.9. The Balaban J connectivity index is 0.00000361. The van der Waals surface area contributed by atoms with E-state index in [1.807, 2.05) is 13.8 Å². The third kappa shape index (κ3) is 4.83. The van der Waals surface area contributed by atoms with Gasteiger partial charge in [-0.05, 0) is 23.6 Å². The Morgan fingerprint density at radius 2 is 1.80 bits per heavy atom. The lowest BCUT2D eigenvalue weighted by Crippen LogP contribution is -2.45. The van der Waals surface area contributed by atoms with Crippen molar-refractivity contribution in [1.29, 1.82) is 0 Å². The number of methoxy groups -OCH3 is 1. The Labute approximate surface area is 125 Å². The summed E-state index contributed by atoms with van der Waals surface area (Å²) in [7, 11) is 1.31. The van der Waals surface area contributed by atoms with E-state index in [4.69, 9.17) is 5.73 Å². The van der Waals surface area contributed by atoms with Gasteiger partial charge in [0.25, 0.3) is 5.91 Å². The van der Waals surface area contributed by atoms with Crippen molar-refractivity contribution in [2.75, 3.05) is 7.11 Å². The first-order valence-electron chi connectivity index (χ1n) is 6.17. The van der Waals surface area contributed by atoms with Crippen molar-refractivity contribution < 1.29 is 14.3 Å². The minimum absolute atomic E-state index is 0. The molecule has 0 aliphatic carbocycles. The van der Waals surface area contributed by atoms with Crippen molar-refractivity contribution in [1.82, 2.24) is 5.32 Å². The van der Waals surface area contributed by atoms with Gasteiger partial charge >= 0.3 is 5.97 Å². The van der Waals surface area contributed by atoms with Crippen LogP contribution in [0.1, 0.15) is 29.8 Å². The lowest BCUT2D eigenvalue weighted by atomic mass is 10.0.